The molecule has 1 aromatic heterocycles. The number of carbonyl (C=O) groups is 2. The number of aromatic nitrogens is 1. The summed E-state index contributed by atoms with van der Waals surface area (Å²) in [5, 5.41) is 10.9. The number of amides is 1. The van der Waals surface area contributed by atoms with Gasteiger partial charge in [-0.1, -0.05) is 0 Å². The molecule has 20 heavy (non-hydrogen) atoms. The van der Waals surface area contributed by atoms with Crippen molar-refractivity contribution in [2.75, 3.05) is 18.6 Å². The second-order valence-electron chi connectivity index (χ2n) is 4.18. The first-order valence-corrected chi connectivity index (χ1v) is 6.17. The summed E-state index contributed by atoms with van der Waals surface area (Å²) >= 11 is 4.18. The third-order valence-electron chi connectivity index (χ3n) is 2.83. The fraction of sp³-hybridized carbons (Fsp3) is 0.364. The minimum absolute atomic E-state index is 0.0444. The van der Waals surface area contributed by atoms with Crippen molar-refractivity contribution in [3.8, 4) is 0 Å². The lowest BCUT2D eigenvalue weighted by atomic mass is 10.2. The van der Waals surface area contributed by atoms with Gasteiger partial charge in [-0.25, -0.2) is 9.78 Å². The molecule has 1 fully saturated rings. The van der Waals surface area contributed by atoms with Crippen LogP contribution in [0.15, 0.2) is 12.3 Å². The highest BCUT2D eigenvalue weighted by atomic mass is 32.1. The van der Waals surface area contributed by atoms with E-state index in [0.717, 1.165) is 19.4 Å². The topological polar surface area (TPSA) is 103 Å². The first-order chi connectivity index (χ1) is 9.43. The molecule has 0 aliphatic carbocycles. The van der Waals surface area contributed by atoms with Gasteiger partial charge in [-0.15, -0.1) is 0 Å². The van der Waals surface area contributed by atoms with Crippen LogP contribution in [0.4, 0.5) is 11.5 Å². The Kier molecular flexibility index (Phi) is 3.89. The molecule has 2 rings (SSSR count). The summed E-state index contributed by atoms with van der Waals surface area (Å²) in [5.41, 5.74) is -0.458. The maximum Gasteiger partial charge on any atom is 0.339 e. The largest absolute Gasteiger partial charge is 0.465 e. The third-order valence-corrected chi connectivity index (χ3v) is 3.17. The summed E-state index contributed by atoms with van der Waals surface area (Å²) in [6.45, 7) is 0.243. The molecule has 1 saturated heterocycles. The summed E-state index contributed by atoms with van der Waals surface area (Å²) < 4.78 is 4.48. The smallest absolute Gasteiger partial charge is 0.339 e. The average molecular weight is 297 g/mol. The van der Waals surface area contributed by atoms with E-state index in [2.05, 4.69) is 22.3 Å². The van der Waals surface area contributed by atoms with E-state index in [0.29, 0.717) is 0 Å². The number of methoxy groups -OCH3 is 1. The molecular formula is C11H11N3O5S. The van der Waals surface area contributed by atoms with Crippen molar-refractivity contribution in [2.45, 2.75) is 11.7 Å². The number of thiol groups is 1. The van der Waals surface area contributed by atoms with Gasteiger partial charge < -0.3 is 4.74 Å². The third kappa shape index (κ3) is 2.57. The van der Waals surface area contributed by atoms with Gasteiger partial charge in [0, 0.05) is 30.5 Å². The zero-order valence-electron chi connectivity index (χ0n) is 10.5. The van der Waals surface area contributed by atoms with Gasteiger partial charge in [0.1, 0.15) is 0 Å². The van der Waals surface area contributed by atoms with E-state index in [9.17, 15) is 19.7 Å². The van der Waals surface area contributed by atoms with Gasteiger partial charge in [0.05, 0.1) is 17.6 Å². The van der Waals surface area contributed by atoms with Crippen molar-refractivity contribution >= 4 is 36.0 Å². The number of nitro groups is 1. The Bertz CT molecular complexity index is 591. The molecular weight excluding hydrogens is 286 g/mol. The van der Waals surface area contributed by atoms with Gasteiger partial charge in [0.25, 0.3) is 0 Å². The molecule has 0 saturated carbocycles. The minimum Gasteiger partial charge on any atom is -0.465 e. The molecule has 2 heterocycles. The molecule has 0 N–H and O–H groups in total. The number of anilines is 1. The Morgan fingerprint density at radius 3 is 2.85 bits per heavy atom. The van der Waals surface area contributed by atoms with Crippen molar-refractivity contribution in [3.05, 3.63) is 27.9 Å². The van der Waals surface area contributed by atoms with Crippen LogP contribution in [-0.4, -0.2) is 40.7 Å². The molecule has 1 atom stereocenters. The molecule has 8 nitrogen and oxygen atoms in total. The van der Waals surface area contributed by atoms with Crippen LogP contribution in [0.3, 0.4) is 0 Å². The number of esters is 1. The van der Waals surface area contributed by atoms with Crippen molar-refractivity contribution in [1.82, 2.24) is 4.98 Å². The van der Waals surface area contributed by atoms with Crippen LogP contribution in [0.25, 0.3) is 0 Å². The van der Waals surface area contributed by atoms with E-state index in [1.165, 1.54) is 4.90 Å². The average Bonchev–Trinajstić information content (AvgIpc) is 2.76. The lowest BCUT2D eigenvalue weighted by Crippen LogP contribution is -2.26. The predicted octanol–water partition coefficient (Wildman–Crippen LogP) is 0.811. The first-order valence-electron chi connectivity index (χ1n) is 5.65. The lowest BCUT2D eigenvalue weighted by molar-refractivity contribution is -0.384. The molecule has 1 unspecified atom stereocenters. The number of pyridine rings is 1. The van der Waals surface area contributed by atoms with Crippen molar-refractivity contribution in [2.24, 2.45) is 0 Å². The maximum atomic E-state index is 11.8. The standard InChI is InChI=1S/C11H11N3O5S/c1-19-11(16)6-2-8(14(17)18)10(12-4-6)13-5-7(20)3-9(13)15/h2,4,7,20H,3,5H2,1H3. The fourth-order valence-corrected chi connectivity index (χ4v) is 2.23. The summed E-state index contributed by atoms with van der Waals surface area (Å²) in [4.78, 5) is 38.6. The van der Waals surface area contributed by atoms with E-state index < -0.39 is 16.6 Å². The van der Waals surface area contributed by atoms with E-state index in [1.807, 2.05) is 0 Å². The van der Waals surface area contributed by atoms with E-state index in [-0.39, 0.29) is 35.5 Å². The van der Waals surface area contributed by atoms with Crippen LogP contribution in [-0.2, 0) is 9.53 Å². The SMILES string of the molecule is COC(=O)c1cnc(N2CC(S)CC2=O)c([N+](=O)[O-])c1. The zero-order valence-corrected chi connectivity index (χ0v) is 11.4. The van der Waals surface area contributed by atoms with Crippen LogP contribution in [0.5, 0.6) is 0 Å². The van der Waals surface area contributed by atoms with Crippen LogP contribution in [0, 0.1) is 10.1 Å². The molecule has 9 heteroatoms. The molecule has 106 valence electrons. The summed E-state index contributed by atoms with van der Waals surface area (Å²) in [6.07, 6.45) is 1.34. The Morgan fingerprint density at radius 2 is 2.35 bits per heavy atom. The van der Waals surface area contributed by atoms with Crippen LogP contribution < -0.4 is 4.90 Å². The Morgan fingerprint density at radius 1 is 1.65 bits per heavy atom. The second kappa shape index (κ2) is 5.45. The quantitative estimate of drug-likeness (QED) is 0.383. The molecule has 1 aliphatic rings. The van der Waals surface area contributed by atoms with Crippen LogP contribution in [0.2, 0.25) is 0 Å². The van der Waals surface area contributed by atoms with Gasteiger partial charge in [-0.3, -0.25) is 19.8 Å². The first kappa shape index (κ1) is 14.3. The molecule has 0 bridgehead atoms. The Hall–Kier alpha value is -2.16. The van der Waals surface area contributed by atoms with E-state index in [4.69, 9.17) is 0 Å². The summed E-state index contributed by atoms with van der Waals surface area (Å²) in [7, 11) is 1.16. The lowest BCUT2D eigenvalue weighted by Gasteiger charge is -2.14. The molecule has 0 radical (unpaired) electrons. The van der Waals surface area contributed by atoms with Gasteiger partial charge >= 0.3 is 11.7 Å². The van der Waals surface area contributed by atoms with Crippen molar-refractivity contribution in [1.29, 1.82) is 0 Å². The van der Waals surface area contributed by atoms with Gasteiger partial charge in [0.2, 0.25) is 11.7 Å². The normalized spacial score (nSPS) is 18.2. The van der Waals surface area contributed by atoms with E-state index in [1.54, 1.807) is 0 Å². The van der Waals surface area contributed by atoms with Crippen LogP contribution >= 0.6 is 12.6 Å². The fourth-order valence-electron chi connectivity index (χ4n) is 1.91. The summed E-state index contributed by atoms with van der Waals surface area (Å²) in [6, 6.07) is 1.05. The van der Waals surface area contributed by atoms with Gasteiger partial charge in [-0.05, 0) is 0 Å². The number of carbonyl (C=O) groups excluding carboxylic acids is 2. The number of ether oxygens (including phenoxy) is 1. The Labute approximate surface area is 119 Å². The molecule has 1 amide bonds. The number of rotatable bonds is 3. The predicted molar refractivity (Wildman–Crippen MR) is 72.0 cm³/mol. The number of hydrogen-bond donors (Lipinski definition) is 1. The monoisotopic (exact) mass is 297 g/mol. The highest BCUT2D eigenvalue weighted by Crippen LogP contribution is 2.31. The highest BCUT2D eigenvalue weighted by Gasteiger charge is 2.34. The van der Waals surface area contributed by atoms with Crippen molar-refractivity contribution in [3.63, 3.8) is 0 Å². The molecule has 1 aliphatic heterocycles. The van der Waals surface area contributed by atoms with Crippen LogP contribution in [0.1, 0.15) is 16.8 Å². The number of hydrogen-bond acceptors (Lipinski definition) is 7. The highest BCUT2D eigenvalue weighted by molar-refractivity contribution is 7.81. The molecule has 1 aromatic rings. The molecule has 0 spiro atoms. The van der Waals surface area contributed by atoms with Crippen molar-refractivity contribution < 1.29 is 19.2 Å². The van der Waals surface area contributed by atoms with E-state index >= 15 is 0 Å². The Balaban J connectivity index is 2.46. The van der Waals surface area contributed by atoms with Gasteiger partial charge in [0.15, 0.2) is 0 Å². The maximum absolute atomic E-state index is 11.8. The second-order valence-corrected chi connectivity index (χ2v) is 4.91. The molecule has 0 aromatic carbocycles. The summed E-state index contributed by atoms with van der Waals surface area (Å²) in [5.74, 6) is -1.09. The number of nitrogens with zero attached hydrogens (tertiary/aromatic N) is 3. The zero-order chi connectivity index (χ0) is 14.9. The minimum atomic E-state index is -0.730. The van der Waals surface area contributed by atoms with Gasteiger partial charge in [-0.2, -0.15) is 12.6 Å².